The van der Waals surface area contributed by atoms with Crippen LogP contribution in [0.2, 0.25) is 0 Å². The van der Waals surface area contributed by atoms with Gasteiger partial charge >= 0.3 is 12.2 Å². The second-order valence-electron chi connectivity index (χ2n) is 15.0. The molecular formula is C42H44N10O6S2. The third-order valence-electron chi connectivity index (χ3n) is 11.0. The number of nitrogens with zero attached hydrogens (tertiary/aromatic N) is 6. The van der Waals surface area contributed by atoms with E-state index in [9.17, 15) is 19.2 Å². The van der Waals surface area contributed by atoms with E-state index in [1.54, 1.807) is 40.1 Å². The van der Waals surface area contributed by atoms with Gasteiger partial charge in [0.1, 0.15) is 17.7 Å². The molecule has 8 rings (SSSR count). The number of H-pyrrole nitrogens is 2. The van der Waals surface area contributed by atoms with Gasteiger partial charge in [-0.25, -0.2) is 29.5 Å². The highest BCUT2D eigenvalue weighted by molar-refractivity contribution is 7.07. The number of rotatable bonds is 13. The monoisotopic (exact) mass is 848 g/mol. The lowest BCUT2D eigenvalue weighted by Crippen LogP contribution is -2.52. The minimum absolute atomic E-state index is 0.114. The van der Waals surface area contributed by atoms with Gasteiger partial charge < -0.3 is 40.3 Å². The number of aromatic nitrogens is 6. The van der Waals surface area contributed by atoms with Crippen molar-refractivity contribution in [3.8, 4) is 33.6 Å². The van der Waals surface area contributed by atoms with E-state index in [0.29, 0.717) is 36.9 Å². The summed E-state index contributed by atoms with van der Waals surface area (Å²) in [6.45, 7) is 2.63. The zero-order valence-electron chi connectivity index (χ0n) is 33.0. The highest BCUT2D eigenvalue weighted by atomic mass is 32.1. The number of carbonyl (C=O) groups excluding carboxylic acids is 4. The highest BCUT2D eigenvalue weighted by Crippen LogP contribution is 2.36. The topological polar surface area (TPSA) is 214 Å². The van der Waals surface area contributed by atoms with Crippen molar-refractivity contribution < 1.29 is 28.7 Å². The normalized spacial score (nSPS) is 17.9. The molecule has 0 radical (unpaired) electrons. The summed E-state index contributed by atoms with van der Waals surface area (Å²) >= 11 is 2.83. The second-order valence-corrected chi connectivity index (χ2v) is 16.5. The van der Waals surface area contributed by atoms with Crippen LogP contribution in [-0.4, -0.2) is 95.5 Å². The molecule has 310 valence electrons. The first-order valence-corrected chi connectivity index (χ1v) is 21.5. The molecule has 4 atom stereocenters. The van der Waals surface area contributed by atoms with Crippen molar-refractivity contribution in [3.05, 3.63) is 106 Å². The molecule has 6 heterocycles. The molecule has 0 saturated carbocycles. The molecule has 6 aromatic rings. The zero-order chi connectivity index (χ0) is 41.8. The highest BCUT2D eigenvalue weighted by Gasteiger charge is 2.45. The molecule has 2 aliphatic rings. The lowest BCUT2D eigenvalue weighted by Gasteiger charge is -2.33. The Morgan fingerprint density at radius 2 is 1.32 bits per heavy atom. The number of aromatic amines is 2. The van der Waals surface area contributed by atoms with Gasteiger partial charge in [0.25, 0.3) is 5.91 Å². The van der Waals surface area contributed by atoms with Gasteiger partial charge in [-0.15, -0.1) is 22.7 Å². The molecule has 2 aromatic carbocycles. The Kier molecular flexibility index (Phi) is 11.7. The number of nitrogens with two attached hydrogens (primary N) is 1. The van der Waals surface area contributed by atoms with E-state index >= 15 is 0 Å². The summed E-state index contributed by atoms with van der Waals surface area (Å²) in [6, 6.07) is 15.0. The predicted octanol–water partition coefficient (Wildman–Crippen LogP) is 6.44. The first-order chi connectivity index (χ1) is 29.1. The van der Waals surface area contributed by atoms with Gasteiger partial charge in [0, 0.05) is 36.7 Å². The molecule has 0 aliphatic carbocycles. The number of methoxy groups -OCH3 is 1. The van der Waals surface area contributed by atoms with Crippen molar-refractivity contribution in [2.24, 2.45) is 5.73 Å². The lowest BCUT2D eigenvalue weighted by atomic mass is 9.97. The van der Waals surface area contributed by atoms with E-state index in [1.807, 2.05) is 35.0 Å². The van der Waals surface area contributed by atoms with Gasteiger partial charge in [-0.3, -0.25) is 9.59 Å². The molecule has 4 amide bonds. The summed E-state index contributed by atoms with van der Waals surface area (Å²) in [5, 5.41) is 6.38. The van der Waals surface area contributed by atoms with E-state index in [2.05, 4.69) is 59.5 Å². The van der Waals surface area contributed by atoms with Crippen molar-refractivity contribution in [3.63, 3.8) is 0 Å². The van der Waals surface area contributed by atoms with Crippen molar-refractivity contribution in [2.45, 2.75) is 69.2 Å². The molecule has 1 unspecified atom stereocenters. The molecule has 2 fully saturated rings. The van der Waals surface area contributed by atoms with Crippen LogP contribution in [0.3, 0.4) is 0 Å². The summed E-state index contributed by atoms with van der Waals surface area (Å²) < 4.78 is 10.2. The number of hydrogen-bond donors (Lipinski definition) is 4. The summed E-state index contributed by atoms with van der Waals surface area (Å²) in [6.07, 6.45) is 5.29. The molecule has 18 heteroatoms. The molecule has 2 aliphatic heterocycles. The first kappa shape index (κ1) is 40.4. The maximum absolute atomic E-state index is 13.9. The Bertz CT molecular complexity index is 2430. The molecule has 4 aromatic heterocycles. The number of imidazole rings is 2. The van der Waals surface area contributed by atoms with Gasteiger partial charge in [-0.1, -0.05) is 48.5 Å². The zero-order valence-corrected chi connectivity index (χ0v) is 34.6. The van der Waals surface area contributed by atoms with Gasteiger partial charge in [-0.05, 0) is 54.9 Å². The second kappa shape index (κ2) is 17.4. The Morgan fingerprint density at radius 1 is 0.800 bits per heavy atom. The van der Waals surface area contributed by atoms with Crippen LogP contribution in [0.4, 0.5) is 9.59 Å². The van der Waals surface area contributed by atoms with Crippen LogP contribution in [0.15, 0.2) is 82.7 Å². The predicted molar refractivity (Wildman–Crippen MR) is 224 cm³/mol. The fourth-order valence-corrected chi connectivity index (χ4v) is 9.23. The maximum atomic E-state index is 13.9. The molecule has 16 nitrogen and oxygen atoms in total. The number of nitrogens with one attached hydrogen (secondary N) is 3. The number of hydrogen-bond acceptors (Lipinski definition) is 12. The van der Waals surface area contributed by atoms with E-state index < -0.39 is 23.8 Å². The third kappa shape index (κ3) is 8.65. The SMILES string of the molecule is COC(=O)N[C@@H](Cc1cscn1)C(=O)N1CCCC1c1ncc(-c2ccc(-c3ccc(-c4cnc([C@@H]5CCCN5C(=O)[C@](C)(Cc5cscn5)OC(N)=O)[nH]4)cc3)cc2)[nH]1. The van der Waals surface area contributed by atoms with E-state index in [-0.39, 0.29) is 36.7 Å². The third-order valence-corrected chi connectivity index (χ3v) is 12.3. The van der Waals surface area contributed by atoms with Gasteiger partial charge in [-0.2, -0.15) is 0 Å². The molecule has 5 N–H and O–H groups in total. The summed E-state index contributed by atoms with van der Waals surface area (Å²) in [7, 11) is 1.27. The largest absolute Gasteiger partial charge is 0.453 e. The minimum atomic E-state index is -1.51. The number of alkyl carbamates (subject to hydrolysis) is 1. The van der Waals surface area contributed by atoms with Crippen LogP contribution in [0.1, 0.15) is 67.7 Å². The van der Waals surface area contributed by atoms with Crippen LogP contribution >= 0.6 is 22.7 Å². The molecule has 0 bridgehead atoms. The molecule has 60 heavy (non-hydrogen) atoms. The number of thiazole rings is 2. The Labute approximate surface area is 353 Å². The number of carbonyl (C=O) groups is 4. The van der Waals surface area contributed by atoms with Crippen molar-refractivity contribution in [1.29, 1.82) is 0 Å². The van der Waals surface area contributed by atoms with E-state index in [1.165, 1.54) is 29.8 Å². The molecule has 2 saturated heterocycles. The smallest absolute Gasteiger partial charge is 0.407 e. The van der Waals surface area contributed by atoms with Crippen LogP contribution in [0.5, 0.6) is 0 Å². The molecular weight excluding hydrogens is 805 g/mol. The number of primary amides is 1. The Balaban J connectivity index is 0.920. The van der Waals surface area contributed by atoms with Crippen LogP contribution < -0.4 is 11.1 Å². The van der Waals surface area contributed by atoms with E-state index in [0.717, 1.165) is 58.6 Å². The van der Waals surface area contributed by atoms with Crippen LogP contribution in [0.25, 0.3) is 33.6 Å². The summed E-state index contributed by atoms with van der Waals surface area (Å²) in [5.41, 5.74) is 14.2. The fraction of sp³-hybridized carbons (Fsp3) is 0.333. The van der Waals surface area contributed by atoms with Crippen molar-refractivity contribution in [1.82, 2.24) is 45.0 Å². The summed E-state index contributed by atoms with van der Waals surface area (Å²) in [5.74, 6) is 0.807. The van der Waals surface area contributed by atoms with Crippen molar-refractivity contribution >= 4 is 46.7 Å². The van der Waals surface area contributed by atoms with E-state index in [4.69, 9.17) is 15.2 Å². The standard InChI is InChI=1S/C42H44N10O6S2/c1-42(58-40(43)55,18-30-22-60-24-47-30)39(54)52-16-4-6-35(52)37-45-20-33(49-37)28-13-9-26(10-14-28)25-7-11-27(12-8-25)32-19-44-36(48-32)34-5-3-15-51(34)38(53)31(50-41(56)57-2)17-29-21-59-23-46-29/h7-14,19-24,31,34-35H,3-6,15-18H2,1-2H3,(H2,43,55)(H,44,48)(H,45,49)(H,50,56)/t31-,34?,35-,42-/m0/s1. The lowest BCUT2D eigenvalue weighted by molar-refractivity contribution is -0.150. The van der Waals surface area contributed by atoms with Gasteiger partial charge in [0.05, 0.1) is 65.4 Å². The molecule has 0 spiro atoms. The van der Waals surface area contributed by atoms with Gasteiger partial charge in [0.2, 0.25) is 5.91 Å². The van der Waals surface area contributed by atoms with Gasteiger partial charge in [0.15, 0.2) is 5.60 Å². The average Bonchev–Trinajstić information content (AvgIpc) is 4.11. The number of benzene rings is 2. The van der Waals surface area contributed by atoms with Crippen molar-refractivity contribution in [2.75, 3.05) is 20.2 Å². The number of likely N-dealkylation sites (tertiary alicyclic amines) is 2. The number of ether oxygens (including phenoxy) is 2. The first-order valence-electron chi connectivity index (χ1n) is 19.6. The minimum Gasteiger partial charge on any atom is -0.453 e. The number of amides is 4. The van der Waals surface area contributed by atoms with Crippen LogP contribution in [0, 0.1) is 0 Å². The average molecular weight is 849 g/mol. The van der Waals surface area contributed by atoms with Crippen LogP contribution in [-0.2, 0) is 31.9 Å². The Morgan fingerprint density at radius 3 is 1.83 bits per heavy atom. The fourth-order valence-electron chi connectivity index (χ4n) is 8.10. The summed E-state index contributed by atoms with van der Waals surface area (Å²) in [4.78, 5) is 80.1. The Hall–Kier alpha value is -6.40. The quantitative estimate of drug-likeness (QED) is 0.0998. The maximum Gasteiger partial charge on any atom is 0.407 e.